The summed E-state index contributed by atoms with van der Waals surface area (Å²) in [5, 5.41) is 0. The summed E-state index contributed by atoms with van der Waals surface area (Å²) in [6.07, 6.45) is 7.22. The number of hydrogen-bond donors (Lipinski definition) is 0. The largest absolute Gasteiger partial charge is 0.378 e. The molecule has 0 bridgehead atoms. The summed E-state index contributed by atoms with van der Waals surface area (Å²) in [5.41, 5.74) is 4.28. The van der Waals surface area contributed by atoms with Crippen LogP contribution in [0.5, 0.6) is 0 Å². The van der Waals surface area contributed by atoms with Gasteiger partial charge >= 0.3 is 0 Å². The van der Waals surface area contributed by atoms with Gasteiger partial charge in [0.1, 0.15) is 0 Å². The maximum Gasteiger partial charge on any atom is 0.0361 e. The number of hydrogen-bond acceptors (Lipinski definition) is 1. The van der Waals surface area contributed by atoms with Gasteiger partial charge in [-0.05, 0) is 67.4 Å². The lowest BCUT2D eigenvalue weighted by Gasteiger charge is -2.34. The highest BCUT2D eigenvalue weighted by Crippen LogP contribution is 2.39. The molecular formula is C21H29N. The Hall–Kier alpha value is -1.68. The zero-order valence-corrected chi connectivity index (χ0v) is 14.7. The Balaban J connectivity index is 1.93. The fourth-order valence-electron chi connectivity index (χ4n) is 3.06. The average molecular weight is 295 g/mol. The van der Waals surface area contributed by atoms with Gasteiger partial charge < -0.3 is 4.90 Å². The molecule has 0 unspecified atom stereocenters. The molecule has 1 aromatic rings. The normalized spacial score (nSPS) is 18.4. The monoisotopic (exact) mass is 295 g/mol. The predicted octanol–water partition coefficient (Wildman–Crippen LogP) is 5.27. The van der Waals surface area contributed by atoms with Crippen LogP contribution in [0.1, 0.15) is 52.0 Å². The fraction of sp³-hybridized carbons (Fsp3) is 0.524. The van der Waals surface area contributed by atoms with Gasteiger partial charge in [-0.15, -0.1) is 0 Å². The van der Waals surface area contributed by atoms with Crippen LogP contribution in [0.25, 0.3) is 0 Å². The van der Waals surface area contributed by atoms with Crippen LogP contribution in [0.15, 0.2) is 35.9 Å². The van der Waals surface area contributed by atoms with Crippen LogP contribution in [0.2, 0.25) is 0 Å². The maximum absolute atomic E-state index is 3.25. The van der Waals surface area contributed by atoms with E-state index in [2.05, 4.69) is 81.9 Å². The van der Waals surface area contributed by atoms with Crippen molar-refractivity contribution >= 4 is 5.69 Å². The smallest absolute Gasteiger partial charge is 0.0361 e. The molecule has 0 saturated heterocycles. The number of anilines is 1. The van der Waals surface area contributed by atoms with Gasteiger partial charge in [-0.25, -0.2) is 0 Å². The summed E-state index contributed by atoms with van der Waals surface area (Å²) in [6, 6.07) is 8.42. The van der Waals surface area contributed by atoms with Crippen molar-refractivity contribution in [2.24, 2.45) is 11.3 Å². The molecule has 0 radical (unpaired) electrons. The molecule has 0 aliphatic heterocycles. The van der Waals surface area contributed by atoms with Crippen LogP contribution in [0.4, 0.5) is 5.69 Å². The average Bonchev–Trinajstić information content (AvgIpc) is 2.47. The SMILES string of the molecule is CN(C)c1ccc(C#CC=C2CCC(C(C)(C)C)CC2)cc1. The lowest BCUT2D eigenvalue weighted by Crippen LogP contribution is -2.23. The third-order valence-electron chi connectivity index (χ3n) is 4.73. The summed E-state index contributed by atoms with van der Waals surface area (Å²) in [6.45, 7) is 7.09. The molecule has 0 heterocycles. The molecule has 0 aromatic heterocycles. The molecule has 1 fully saturated rings. The highest BCUT2D eigenvalue weighted by molar-refractivity contribution is 5.50. The molecule has 2 rings (SSSR count). The molecule has 118 valence electrons. The maximum atomic E-state index is 3.25. The predicted molar refractivity (Wildman–Crippen MR) is 97.1 cm³/mol. The highest BCUT2D eigenvalue weighted by atomic mass is 15.1. The van der Waals surface area contributed by atoms with Gasteiger partial charge in [0.2, 0.25) is 0 Å². The quantitative estimate of drug-likeness (QED) is 0.638. The Bertz CT molecular complexity index is 563. The molecule has 1 aromatic carbocycles. The van der Waals surface area contributed by atoms with E-state index in [0.29, 0.717) is 5.41 Å². The van der Waals surface area contributed by atoms with Crippen molar-refractivity contribution in [3.8, 4) is 11.8 Å². The minimum atomic E-state index is 0.450. The van der Waals surface area contributed by atoms with E-state index >= 15 is 0 Å². The first-order chi connectivity index (χ1) is 10.4. The molecule has 1 aliphatic rings. The Morgan fingerprint density at radius 3 is 2.14 bits per heavy atom. The van der Waals surface area contributed by atoms with Crippen molar-refractivity contribution in [2.45, 2.75) is 46.5 Å². The lowest BCUT2D eigenvalue weighted by molar-refractivity contribution is 0.197. The van der Waals surface area contributed by atoms with Crippen LogP contribution in [-0.4, -0.2) is 14.1 Å². The van der Waals surface area contributed by atoms with E-state index in [0.717, 1.165) is 11.5 Å². The van der Waals surface area contributed by atoms with E-state index < -0.39 is 0 Å². The second-order valence-electron chi connectivity index (χ2n) is 7.65. The Kier molecular flexibility index (Phi) is 5.35. The minimum absolute atomic E-state index is 0.450. The second kappa shape index (κ2) is 7.05. The summed E-state index contributed by atoms with van der Waals surface area (Å²) in [5.74, 6) is 7.36. The zero-order valence-electron chi connectivity index (χ0n) is 14.7. The van der Waals surface area contributed by atoms with Gasteiger partial charge in [-0.2, -0.15) is 0 Å². The molecule has 22 heavy (non-hydrogen) atoms. The molecule has 0 N–H and O–H groups in total. The van der Waals surface area contributed by atoms with Crippen molar-refractivity contribution < 1.29 is 0 Å². The third-order valence-corrected chi connectivity index (χ3v) is 4.73. The van der Waals surface area contributed by atoms with Crippen molar-refractivity contribution in [3.05, 3.63) is 41.5 Å². The van der Waals surface area contributed by atoms with E-state index in [1.807, 2.05) is 0 Å². The topological polar surface area (TPSA) is 3.24 Å². The second-order valence-corrected chi connectivity index (χ2v) is 7.65. The lowest BCUT2D eigenvalue weighted by atomic mass is 9.71. The standard InChI is InChI=1S/C21H29N/c1-21(2,3)19-13-9-17(10-14-19)7-6-8-18-11-15-20(16-12-18)22(4)5/h7,11-12,15-16,19H,9-10,13-14H2,1-5H3. The van der Waals surface area contributed by atoms with E-state index in [-0.39, 0.29) is 0 Å². The Labute approximate surface area is 136 Å². The van der Waals surface area contributed by atoms with Gasteiger partial charge in [0.15, 0.2) is 0 Å². The zero-order chi connectivity index (χ0) is 16.2. The first kappa shape index (κ1) is 16.7. The molecular weight excluding hydrogens is 266 g/mol. The first-order valence-corrected chi connectivity index (χ1v) is 8.33. The van der Waals surface area contributed by atoms with E-state index in [9.17, 15) is 0 Å². The number of nitrogens with zero attached hydrogens (tertiary/aromatic N) is 1. The van der Waals surface area contributed by atoms with Gasteiger partial charge in [0, 0.05) is 25.3 Å². The molecule has 1 aliphatic carbocycles. The van der Waals surface area contributed by atoms with Crippen LogP contribution in [0.3, 0.4) is 0 Å². The van der Waals surface area contributed by atoms with Gasteiger partial charge in [0.25, 0.3) is 0 Å². The third kappa shape index (κ3) is 4.67. The van der Waals surface area contributed by atoms with Crippen LogP contribution >= 0.6 is 0 Å². The van der Waals surface area contributed by atoms with Crippen molar-refractivity contribution in [3.63, 3.8) is 0 Å². The summed E-state index contributed by atoms with van der Waals surface area (Å²) in [4.78, 5) is 2.10. The van der Waals surface area contributed by atoms with Gasteiger partial charge in [-0.3, -0.25) is 0 Å². The molecule has 1 nitrogen and oxygen atoms in total. The fourth-order valence-corrected chi connectivity index (χ4v) is 3.06. The molecule has 0 amide bonds. The van der Waals surface area contributed by atoms with Crippen molar-refractivity contribution in [1.29, 1.82) is 0 Å². The van der Waals surface area contributed by atoms with E-state index in [1.54, 1.807) is 0 Å². The van der Waals surface area contributed by atoms with Crippen LogP contribution < -0.4 is 4.90 Å². The van der Waals surface area contributed by atoms with Gasteiger partial charge in [-0.1, -0.05) is 38.2 Å². The van der Waals surface area contributed by atoms with E-state index in [1.165, 1.54) is 36.9 Å². The molecule has 0 spiro atoms. The highest BCUT2D eigenvalue weighted by Gasteiger charge is 2.27. The van der Waals surface area contributed by atoms with E-state index in [4.69, 9.17) is 0 Å². The molecule has 1 saturated carbocycles. The summed E-state index contributed by atoms with van der Waals surface area (Å²) < 4.78 is 0. The summed E-state index contributed by atoms with van der Waals surface area (Å²) in [7, 11) is 4.11. The summed E-state index contributed by atoms with van der Waals surface area (Å²) >= 11 is 0. The molecule has 1 heteroatoms. The van der Waals surface area contributed by atoms with Gasteiger partial charge in [0.05, 0.1) is 0 Å². The molecule has 0 atom stereocenters. The van der Waals surface area contributed by atoms with Crippen LogP contribution in [0, 0.1) is 23.2 Å². The number of rotatable bonds is 1. The first-order valence-electron chi connectivity index (χ1n) is 8.33. The Morgan fingerprint density at radius 2 is 1.64 bits per heavy atom. The Morgan fingerprint density at radius 1 is 1.05 bits per heavy atom. The number of allylic oxidation sites excluding steroid dienone is 2. The van der Waals surface area contributed by atoms with Crippen molar-refractivity contribution in [2.75, 3.05) is 19.0 Å². The van der Waals surface area contributed by atoms with Crippen molar-refractivity contribution in [1.82, 2.24) is 0 Å². The number of benzene rings is 1. The van der Waals surface area contributed by atoms with Crippen LogP contribution in [-0.2, 0) is 0 Å². The minimum Gasteiger partial charge on any atom is -0.378 e.